The number of pyridine rings is 4. The van der Waals surface area contributed by atoms with Crippen molar-refractivity contribution in [3.8, 4) is 22.3 Å². The zero-order chi connectivity index (χ0) is 23.3. The SMILES string of the molecule is C[n+]1ccc(-c2cc[n+](Cc3ccccc3C[n+]3ccc(-c4cc[n+](C)cc4)cc3)cc2)cc1. The quantitative estimate of drug-likeness (QED) is 0.356. The predicted octanol–water partition coefficient (Wildman–Crippen LogP) is 3.34. The molecule has 5 aromatic rings. The maximum absolute atomic E-state index is 2.24. The van der Waals surface area contributed by atoms with E-state index in [9.17, 15) is 0 Å². The van der Waals surface area contributed by atoms with Crippen LogP contribution in [0.5, 0.6) is 0 Å². The van der Waals surface area contributed by atoms with E-state index in [0.29, 0.717) is 0 Å². The molecule has 0 saturated carbocycles. The van der Waals surface area contributed by atoms with Crippen molar-refractivity contribution < 1.29 is 18.3 Å². The van der Waals surface area contributed by atoms with Gasteiger partial charge in [0.05, 0.1) is 0 Å². The van der Waals surface area contributed by atoms with E-state index in [-0.39, 0.29) is 0 Å². The van der Waals surface area contributed by atoms with Gasteiger partial charge in [-0.1, -0.05) is 24.3 Å². The molecule has 4 aromatic heterocycles. The first-order valence-corrected chi connectivity index (χ1v) is 11.6. The molecule has 4 heteroatoms. The molecule has 0 N–H and O–H groups in total. The van der Waals surface area contributed by atoms with Gasteiger partial charge in [0.1, 0.15) is 14.1 Å². The smallest absolute Gasteiger partial charge is 0.174 e. The summed E-state index contributed by atoms with van der Waals surface area (Å²) in [6.07, 6.45) is 17.0. The fourth-order valence-electron chi connectivity index (χ4n) is 4.16. The summed E-state index contributed by atoms with van der Waals surface area (Å²) in [4.78, 5) is 0. The molecular formula is C30H30N4+4. The zero-order valence-corrected chi connectivity index (χ0v) is 19.8. The molecule has 0 aliphatic rings. The van der Waals surface area contributed by atoms with Crippen molar-refractivity contribution in [3.05, 3.63) is 133 Å². The summed E-state index contributed by atoms with van der Waals surface area (Å²) in [6.45, 7) is 1.69. The Labute approximate surface area is 201 Å². The van der Waals surface area contributed by atoms with E-state index in [1.54, 1.807) is 0 Å². The Hall–Kier alpha value is -4.18. The van der Waals surface area contributed by atoms with Crippen molar-refractivity contribution in [2.24, 2.45) is 14.1 Å². The standard InChI is InChI=1S/C30H30N4/c1-31-15-7-25(8-16-31)27-11-19-33(20-12-27)23-29-5-3-4-6-30(29)24-34-21-13-28(14-22-34)26-9-17-32(2)18-10-26/h3-22H,23-24H2,1-2H3/q+4. The number of aromatic nitrogens is 4. The van der Waals surface area contributed by atoms with Gasteiger partial charge < -0.3 is 0 Å². The average molecular weight is 447 g/mol. The van der Waals surface area contributed by atoms with Crippen molar-refractivity contribution in [1.29, 1.82) is 0 Å². The molecular weight excluding hydrogens is 416 g/mol. The summed E-state index contributed by atoms with van der Waals surface area (Å²) in [7, 11) is 4.08. The number of rotatable bonds is 6. The van der Waals surface area contributed by atoms with E-state index in [0.717, 1.165) is 13.1 Å². The topological polar surface area (TPSA) is 15.5 Å². The van der Waals surface area contributed by atoms with Crippen LogP contribution in [-0.2, 0) is 27.2 Å². The summed E-state index contributed by atoms with van der Waals surface area (Å²) in [5.74, 6) is 0. The normalized spacial score (nSPS) is 10.9. The van der Waals surface area contributed by atoms with E-state index in [2.05, 4.69) is 141 Å². The summed E-state index contributed by atoms with van der Waals surface area (Å²) in [5.41, 5.74) is 7.59. The van der Waals surface area contributed by atoms with Crippen LogP contribution < -0.4 is 18.3 Å². The maximum atomic E-state index is 2.24. The van der Waals surface area contributed by atoms with Crippen LogP contribution in [0, 0.1) is 0 Å². The minimum absolute atomic E-state index is 0.847. The minimum Gasteiger partial charge on any atom is -0.208 e. The number of hydrogen-bond acceptors (Lipinski definition) is 0. The highest BCUT2D eigenvalue weighted by molar-refractivity contribution is 5.61. The summed E-state index contributed by atoms with van der Waals surface area (Å²) >= 11 is 0. The van der Waals surface area contributed by atoms with Crippen LogP contribution in [0.1, 0.15) is 11.1 Å². The average Bonchev–Trinajstić information content (AvgIpc) is 2.87. The fourth-order valence-corrected chi connectivity index (χ4v) is 4.16. The largest absolute Gasteiger partial charge is 0.208 e. The Kier molecular flexibility index (Phi) is 6.21. The summed E-state index contributed by atoms with van der Waals surface area (Å²) < 4.78 is 8.59. The highest BCUT2D eigenvalue weighted by Gasteiger charge is 2.13. The summed E-state index contributed by atoms with van der Waals surface area (Å²) in [6, 6.07) is 26.1. The lowest BCUT2D eigenvalue weighted by Crippen LogP contribution is -2.36. The Morgan fingerprint density at radius 1 is 0.412 bits per heavy atom. The third-order valence-electron chi connectivity index (χ3n) is 6.23. The van der Waals surface area contributed by atoms with Gasteiger partial charge >= 0.3 is 0 Å². The minimum atomic E-state index is 0.847. The summed E-state index contributed by atoms with van der Waals surface area (Å²) in [5, 5.41) is 0. The number of nitrogens with zero attached hydrogens (tertiary/aromatic N) is 4. The number of hydrogen-bond donors (Lipinski definition) is 0. The van der Waals surface area contributed by atoms with Crippen LogP contribution in [-0.4, -0.2) is 0 Å². The molecule has 0 fully saturated rings. The molecule has 0 spiro atoms. The second-order valence-corrected chi connectivity index (χ2v) is 8.79. The molecule has 0 bridgehead atoms. The highest BCUT2D eigenvalue weighted by Crippen LogP contribution is 2.17. The van der Waals surface area contributed by atoms with Crippen LogP contribution in [0.15, 0.2) is 122 Å². The molecule has 34 heavy (non-hydrogen) atoms. The van der Waals surface area contributed by atoms with Crippen molar-refractivity contribution in [1.82, 2.24) is 0 Å². The molecule has 0 radical (unpaired) electrons. The van der Waals surface area contributed by atoms with Gasteiger partial charge in [-0.2, -0.15) is 0 Å². The zero-order valence-electron chi connectivity index (χ0n) is 19.8. The molecule has 0 unspecified atom stereocenters. The van der Waals surface area contributed by atoms with Crippen molar-refractivity contribution in [3.63, 3.8) is 0 Å². The molecule has 0 saturated heterocycles. The van der Waals surface area contributed by atoms with Crippen LogP contribution in [0.3, 0.4) is 0 Å². The second-order valence-electron chi connectivity index (χ2n) is 8.79. The third kappa shape index (κ3) is 5.07. The van der Waals surface area contributed by atoms with Crippen molar-refractivity contribution in [2.45, 2.75) is 13.1 Å². The molecule has 0 aliphatic carbocycles. The molecule has 0 atom stereocenters. The van der Waals surface area contributed by atoms with E-state index in [4.69, 9.17) is 0 Å². The van der Waals surface area contributed by atoms with E-state index in [1.165, 1.54) is 33.4 Å². The maximum Gasteiger partial charge on any atom is 0.174 e. The Bertz CT molecular complexity index is 1260. The molecule has 166 valence electrons. The van der Waals surface area contributed by atoms with Crippen LogP contribution in [0.25, 0.3) is 22.3 Å². The molecule has 4 nitrogen and oxygen atoms in total. The lowest BCUT2D eigenvalue weighted by molar-refractivity contribution is -0.693. The van der Waals surface area contributed by atoms with Gasteiger partial charge in [0.15, 0.2) is 62.7 Å². The van der Waals surface area contributed by atoms with Gasteiger partial charge in [0, 0.05) is 59.7 Å². The lowest BCUT2D eigenvalue weighted by Gasteiger charge is -2.06. The van der Waals surface area contributed by atoms with E-state index < -0.39 is 0 Å². The lowest BCUT2D eigenvalue weighted by atomic mass is 10.1. The van der Waals surface area contributed by atoms with Crippen LogP contribution in [0.4, 0.5) is 0 Å². The molecule has 4 heterocycles. The van der Waals surface area contributed by atoms with Gasteiger partial charge in [-0.25, -0.2) is 18.3 Å². The molecule has 0 amide bonds. The van der Waals surface area contributed by atoms with Crippen LogP contribution in [0.2, 0.25) is 0 Å². The Balaban J connectivity index is 1.31. The monoisotopic (exact) mass is 446 g/mol. The van der Waals surface area contributed by atoms with Gasteiger partial charge in [-0.05, 0) is 22.3 Å². The van der Waals surface area contributed by atoms with E-state index in [1.807, 2.05) is 14.1 Å². The first-order chi connectivity index (χ1) is 16.6. The first kappa shape index (κ1) is 21.7. The van der Waals surface area contributed by atoms with Crippen molar-refractivity contribution >= 4 is 0 Å². The third-order valence-corrected chi connectivity index (χ3v) is 6.23. The number of benzene rings is 1. The first-order valence-electron chi connectivity index (χ1n) is 11.6. The van der Waals surface area contributed by atoms with Gasteiger partial charge in [-0.3, -0.25) is 0 Å². The van der Waals surface area contributed by atoms with Crippen molar-refractivity contribution in [2.75, 3.05) is 0 Å². The highest BCUT2D eigenvalue weighted by atomic mass is 14.9. The van der Waals surface area contributed by atoms with Crippen LogP contribution >= 0.6 is 0 Å². The van der Waals surface area contributed by atoms with Gasteiger partial charge in [0.25, 0.3) is 0 Å². The van der Waals surface area contributed by atoms with Gasteiger partial charge in [-0.15, -0.1) is 0 Å². The fraction of sp³-hybridized carbons (Fsp3) is 0.133. The Morgan fingerprint density at radius 3 is 1.03 bits per heavy atom. The molecule has 0 aliphatic heterocycles. The Morgan fingerprint density at radius 2 is 0.706 bits per heavy atom. The van der Waals surface area contributed by atoms with E-state index >= 15 is 0 Å². The second kappa shape index (κ2) is 9.75. The van der Waals surface area contributed by atoms with Gasteiger partial charge in [0.2, 0.25) is 0 Å². The molecule has 5 rings (SSSR count). The predicted molar refractivity (Wildman–Crippen MR) is 131 cm³/mol. The number of aryl methyl sites for hydroxylation is 2. The molecule has 1 aromatic carbocycles.